The molecular formula is C20H28N4. The number of hydrogen-bond acceptors (Lipinski definition) is 2. The first-order valence-electron chi connectivity index (χ1n) is 8.66. The van der Waals surface area contributed by atoms with E-state index in [1.807, 2.05) is 25.2 Å². The molecule has 0 aromatic heterocycles. The van der Waals surface area contributed by atoms with Crippen LogP contribution in [0.3, 0.4) is 0 Å². The van der Waals surface area contributed by atoms with E-state index in [0.717, 1.165) is 44.9 Å². The van der Waals surface area contributed by atoms with Crippen LogP contribution in [0, 0.1) is 0 Å². The lowest BCUT2D eigenvalue weighted by atomic mass is 10.1. The fourth-order valence-corrected chi connectivity index (χ4v) is 2.45. The first-order valence-corrected chi connectivity index (χ1v) is 8.66. The number of nitrogens with one attached hydrogen (secondary N) is 3. The Balaban J connectivity index is 1.52. The van der Waals surface area contributed by atoms with Gasteiger partial charge in [-0.2, -0.15) is 0 Å². The maximum Gasteiger partial charge on any atom is 0.190 e. The topological polar surface area (TPSA) is 48.5 Å². The molecule has 0 atom stereocenters. The van der Waals surface area contributed by atoms with Crippen LogP contribution in [0.5, 0.6) is 0 Å². The molecule has 0 spiro atoms. The van der Waals surface area contributed by atoms with Crippen LogP contribution >= 0.6 is 0 Å². The molecule has 2 aromatic carbocycles. The second-order valence-corrected chi connectivity index (χ2v) is 5.66. The lowest BCUT2D eigenvalue weighted by Gasteiger charge is -2.12. The van der Waals surface area contributed by atoms with E-state index in [2.05, 4.69) is 63.4 Å². The van der Waals surface area contributed by atoms with Crippen LogP contribution in [0.25, 0.3) is 0 Å². The highest BCUT2D eigenvalue weighted by atomic mass is 15.2. The number of hydrogen-bond donors (Lipinski definition) is 3. The van der Waals surface area contributed by atoms with Gasteiger partial charge in [-0.05, 0) is 37.0 Å². The van der Waals surface area contributed by atoms with Gasteiger partial charge in [-0.1, -0.05) is 48.5 Å². The van der Waals surface area contributed by atoms with Crippen LogP contribution in [0.4, 0.5) is 5.69 Å². The summed E-state index contributed by atoms with van der Waals surface area (Å²) >= 11 is 0. The van der Waals surface area contributed by atoms with Gasteiger partial charge in [-0.3, -0.25) is 4.99 Å². The van der Waals surface area contributed by atoms with Gasteiger partial charge in [0.1, 0.15) is 0 Å². The molecule has 24 heavy (non-hydrogen) atoms. The van der Waals surface area contributed by atoms with Crippen LogP contribution in [0.1, 0.15) is 18.4 Å². The smallest absolute Gasteiger partial charge is 0.190 e. The molecule has 3 N–H and O–H groups in total. The number of anilines is 1. The molecule has 0 heterocycles. The quantitative estimate of drug-likeness (QED) is 0.377. The predicted octanol–water partition coefficient (Wildman–Crippen LogP) is 3.29. The summed E-state index contributed by atoms with van der Waals surface area (Å²) in [6.45, 7) is 2.77. The molecule has 4 nitrogen and oxygen atoms in total. The number of aryl methyl sites for hydroxylation is 1. The van der Waals surface area contributed by atoms with Crippen molar-refractivity contribution in [1.29, 1.82) is 0 Å². The van der Waals surface area contributed by atoms with Crippen LogP contribution in [-0.2, 0) is 6.42 Å². The van der Waals surface area contributed by atoms with Crippen molar-refractivity contribution in [2.45, 2.75) is 19.3 Å². The highest BCUT2D eigenvalue weighted by molar-refractivity contribution is 5.79. The lowest BCUT2D eigenvalue weighted by molar-refractivity contribution is 0.728. The zero-order valence-corrected chi connectivity index (χ0v) is 14.5. The normalized spacial score (nSPS) is 11.1. The van der Waals surface area contributed by atoms with Gasteiger partial charge in [-0.15, -0.1) is 0 Å². The minimum absolute atomic E-state index is 0.878. The number of rotatable bonds is 9. The maximum absolute atomic E-state index is 4.26. The SMILES string of the molecule is CN=C(NCCCNc1ccccc1)NCCCc1ccccc1. The summed E-state index contributed by atoms with van der Waals surface area (Å²) in [5.74, 6) is 0.878. The second kappa shape index (κ2) is 11.1. The monoisotopic (exact) mass is 324 g/mol. The number of para-hydroxylation sites is 1. The fraction of sp³-hybridized carbons (Fsp3) is 0.350. The molecule has 128 valence electrons. The van der Waals surface area contributed by atoms with Crippen LogP contribution < -0.4 is 16.0 Å². The maximum atomic E-state index is 4.26. The molecule has 0 amide bonds. The number of benzene rings is 2. The molecule has 0 radical (unpaired) electrons. The summed E-state index contributed by atoms with van der Waals surface area (Å²) in [7, 11) is 1.81. The highest BCUT2D eigenvalue weighted by Crippen LogP contribution is 2.04. The zero-order chi connectivity index (χ0) is 16.9. The molecule has 0 saturated heterocycles. The summed E-state index contributed by atoms with van der Waals surface area (Å²) in [6.07, 6.45) is 3.23. The standard InChI is InChI=1S/C20H28N4/c1-21-20(23-15-8-12-18-10-4-2-5-11-18)24-17-9-16-22-19-13-6-3-7-14-19/h2-7,10-11,13-14,22H,8-9,12,15-17H2,1H3,(H2,21,23,24). The average molecular weight is 324 g/mol. The summed E-state index contributed by atoms with van der Waals surface area (Å²) in [6, 6.07) is 20.9. The number of aliphatic imine (C=N–C) groups is 1. The Morgan fingerprint density at radius 1 is 0.792 bits per heavy atom. The Hall–Kier alpha value is -2.49. The molecule has 0 fully saturated rings. The average Bonchev–Trinajstić information content (AvgIpc) is 2.65. The van der Waals surface area contributed by atoms with Crippen LogP contribution in [0.15, 0.2) is 65.7 Å². The number of guanidine groups is 1. The highest BCUT2D eigenvalue weighted by Gasteiger charge is 1.97. The van der Waals surface area contributed by atoms with Gasteiger partial charge in [0, 0.05) is 32.4 Å². The van der Waals surface area contributed by atoms with E-state index in [1.54, 1.807) is 0 Å². The van der Waals surface area contributed by atoms with Crippen molar-refractivity contribution in [1.82, 2.24) is 10.6 Å². The fourth-order valence-electron chi connectivity index (χ4n) is 2.45. The van der Waals surface area contributed by atoms with E-state index in [-0.39, 0.29) is 0 Å². The van der Waals surface area contributed by atoms with Crippen LogP contribution in [-0.4, -0.2) is 32.6 Å². The van der Waals surface area contributed by atoms with E-state index >= 15 is 0 Å². The third kappa shape index (κ3) is 7.18. The molecule has 0 unspecified atom stereocenters. The molecule has 0 bridgehead atoms. The summed E-state index contributed by atoms with van der Waals surface area (Å²) in [4.78, 5) is 4.26. The first kappa shape index (κ1) is 17.9. The second-order valence-electron chi connectivity index (χ2n) is 5.66. The van der Waals surface area contributed by atoms with Crippen molar-refractivity contribution < 1.29 is 0 Å². The Morgan fingerprint density at radius 2 is 1.42 bits per heavy atom. The van der Waals surface area contributed by atoms with Gasteiger partial charge in [0.05, 0.1) is 0 Å². The summed E-state index contributed by atoms with van der Waals surface area (Å²) < 4.78 is 0. The Bertz CT molecular complexity index is 581. The van der Waals surface area contributed by atoms with Crippen molar-refractivity contribution in [3.05, 3.63) is 66.2 Å². The Labute approximate surface area is 145 Å². The molecule has 0 aliphatic heterocycles. The molecule has 0 saturated carbocycles. The van der Waals surface area contributed by atoms with E-state index in [9.17, 15) is 0 Å². The predicted molar refractivity (Wildman–Crippen MR) is 104 cm³/mol. The summed E-state index contributed by atoms with van der Waals surface area (Å²) in [5, 5.41) is 10.1. The third-order valence-corrected chi connectivity index (χ3v) is 3.75. The lowest BCUT2D eigenvalue weighted by Crippen LogP contribution is -2.38. The van der Waals surface area contributed by atoms with Crippen molar-refractivity contribution in [3.63, 3.8) is 0 Å². The largest absolute Gasteiger partial charge is 0.385 e. The van der Waals surface area contributed by atoms with Gasteiger partial charge < -0.3 is 16.0 Å². The number of nitrogens with zero attached hydrogens (tertiary/aromatic N) is 1. The third-order valence-electron chi connectivity index (χ3n) is 3.75. The van der Waals surface area contributed by atoms with Gasteiger partial charge in [0.25, 0.3) is 0 Å². The van der Waals surface area contributed by atoms with Crippen molar-refractivity contribution in [2.24, 2.45) is 4.99 Å². The molecule has 4 heteroatoms. The van der Waals surface area contributed by atoms with E-state index in [1.165, 1.54) is 11.3 Å². The van der Waals surface area contributed by atoms with Crippen molar-refractivity contribution in [2.75, 3.05) is 32.0 Å². The molecule has 0 aliphatic rings. The van der Waals surface area contributed by atoms with Gasteiger partial charge in [0.2, 0.25) is 0 Å². The minimum Gasteiger partial charge on any atom is -0.385 e. The first-order chi connectivity index (χ1) is 11.9. The molecule has 2 aromatic rings. The van der Waals surface area contributed by atoms with Gasteiger partial charge in [-0.25, -0.2) is 0 Å². The summed E-state index contributed by atoms with van der Waals surface area (Å²) in [5.41, 5.74) is 2.55. The van der Waals surface area contributed by atoms with Gasteiger partial charge in [0.15, 0.2) is 5.96 Å². The van der Waals surface area contributed by atoms with Gasteiger partial charge >= 0.3 is 0 Å². The molecule has 2 rings (SSSR count). The van der Waals surface area contributed by atoms with E-state index < -0.39 is 0 Å². The van der Waals surface area contributed by atoms with E-state index in [4.69, 9.17) is 0 Å². The molecular weight excluding hydrogens is 296 g/mol. The Kier molecular flexibility index (Phi) is 8.27. The van der Waals surface area contributed by atoms with Crippen molar-refractivity contribution in [3.8, 4) is 0 Å². The zero-order valence-electron chi connectivity index (χ0n) is 14.5. The molecule has 0 aliphatic carbocycles. The van der Waals surface area contributed by atoms with Crippen LogP contribution in [0.2, 0.25) is 0 Å². The van der Waals surface area contributed by atoms with E-state index in [0.29, 0.717) is 0 Å². The minimum atomic E-state index is 0.878. The Morgan fingerprint density at radius 3 is 2.08 bits per heavy atom. The van der Waals surface area contributed by atoms with Crippen molar-refractivity contribution >= 4 is 11.6 Å².